The Morgan fingerprint density at radius 2 is 2.35 bits per heavy atom. The summed E-state index contributed by atoms with van der Waals surface area (Å²) in [5.41, 5.74) is 2.77. The van der Waals surface area contributed by atoms with Crippen LogP contribution in [-0.2, 0) is 4.79 Å². The number of benzene rings is 1. The zero-order valence-corrected chi connectivity index (χ0v) is 10.9. The average molecular weight is 277 g/mol. The molecule has 0 spiro atoms. The predicted molar refractivity (Wildman–Crippen MR) is 72.7 cm³/mol. The van der Waals surface area contributed by atoms with Crippen molar-refractivity contribution in [3.63, 3.8) is 0 Å². The van der Waals surface area contributed by atoms with Crippen molar-refractivity contribution in [2.75, 3.05) is 0 Å². The van der Waals surface area contributed by atoms with E-state index in [-0.39, 0.29) is 24.1 Å². The second kappa shape index (κ2) is 5.66. The number of rotatable bonds is 5. The average Bonchev–Trinajstić information content (AvgIpc) is 2.87. The molecule has 1 aromatic carbocycles. The molecule has 0 saturated carbocycles. The molecule has 0 bridgehead atoms. The molecule has 106 valence electrons. The number of fused-ring (bicyclic) bond motifs is 1. The van der Waals surface area contributed by atoms with E-state index in [0.717, 1.165) is 5.39 Å². The lowest BCUT2D eigenvalue weighted by atomic mass is 10.1. The van der Waals surface area contributed by atoms with E-state index in [0.29, 0.717) is 11.9 Å². The quantitative estimate of drug-likeness (QED) is 0.369. The fraction of sp³-hybridized carbons (Fsp3) is 0.333. The van der Waals surface area contributed by atoms with Crippen LogP contribution in [0.25, 0.3) is 10.9 Å². The Hall–Kier alpha value is -2.48. The van der Waals surface area contributed by atoms with E-state index in [1.807, 2.05) is 6.92 Å². The first-order valence-corrected chi connectivity index (χ1v) is 6.14. The molecular weight excluding hydrogens is 262 g/mol. The number of hydrogen-bond donors (Lipinski definition) is 2. The molecule has 1 amide bonds. The summed E-state index contributed by atoms with van der Waals surface area (Å²) >= 11 is 0. The number of carbonyl (C=O) groups excluding carboxylic acids is 1. The van der Waals surface area contributed by atoms with E-state index in [4.69, 9.17) is 5.84 Å². The van der Waals surface area contributed by atoms with Crippen LogP contribution in [0.4, 0.5) is 5.69 Å². The van der Waals surface area contributed by atoms with Gasteiger partial charge in [-0.2, -0.15) is 5.10 Å². The van der Waals surface area contributed by atoms with Crippen molar-refractivity contribution >= 4 is 22.5 Å². The minimum Gasteiger partial charge on any atom is -0.294 e. The van der Waals surface area contributed by atoms with Crippen LogP contribution in [0.15, 0.2) is 24.4 Å². The summed E-state index contributed by atoms with van der Waals surface area (Å²) in [7, 11) is 0. The maximum atomic E-state index is 11.1. The number of nitro groups is 1. The van der Waals surface area contributed by atoms with Gasteiger partial charge < -0.3 is 0 Å². The number of nitrogens with one attached hydrogen (secondary N) is 1. The summed E-state index contributed by atoms with van der Waals surface area (Å²) in [5, 5.41) is 15.9. The van der Waals surface area contributed by atoms with Gasteiger partial charge >= 0.3 is 0 Å². The van der Waals surface area contributed by atoms with Gasteiger partial charge in [-0.05, 0) is 19.4 Å². The molecular formula is C12H15N5O3. The number of non-ortho nitro benzene ring substituents is 1. The van der Waals surface area contributed by atoms with Crippen LogP contribution < -0.4 is 11.3 Å². The third-order valence-electron chi connectivity index (χ3n) is 3.16. The smallest absolute Gasteiger partial charge is 0.271 e. The zero-order chi connectivity index (χ0) is 14.7. The molecule has 0 aliphatic rings. The van der Waals surface area contributed by atoms with Crippen LogP contribution in [0.3, 0.4) is 0 Å². The van der Waals surface area contributed by atoms with E-state index in [1.165, 1.54) is 12.1 Å². The minimum atomic E-state index is -0.441. The van der Waals surface area contributed by atoms with Gasteiger partial charge in [-0.1, -0.05) is 0 Å². The van der Waals surface area contributed by atoms with Gasteiger partial charge in [0.2, 0.25) is 5.91 Å². The predicted octanol–water partition coefficient (Wildman–Crippen LogP) is 1.28. The maximum Gasteiger partial charge on any atom is 0.271 e. The molecule has 3 N–H and O–H groups in total. The van der Waals surface area contributed by atoms with E-state index < -0.39 is 4.92 Å². The van der Waals surface area contributed by atoms with Gasteiger partial charge in [0.15, 0.2) is 0 Å². The van der Waals surface area contributed by atoms with Gasteiger partial charge in [0.25, 0.3) is 5.69 Å². The number of carbonyl (C=O) groups is 1. The SMILES string of the molecule is CC(CCC(=O)NN)n1ncc2ccc([N+](=O)[O-])cc21. The molecule has 0 fully saturated rings. The van der Waals surface area contributed by atoms with Crippen LogP contribution in [-0.4, -0.2) is 20.6 Å². The standard InChI is InChI=1S/C12H15N5O3/c1-8(2-5-12(18)15-13)16-11-6-10(17(19)20)4-3-9(11)7-14-16/h3-4,6-8H,2,5,13H2,1H3,(H,15,18). The Morgan fingerprint density at radius 1 is 1.60 bits per heavy atom. The Labute approximate surface area is 114 Å². The van der Waals surface area contributed by atoms with Gasteiger partial charge in [0.1, 0.15) is 0 Å². The molecule has 0 aliphatic heterocycles. The number of hydrazine groups is 1. The Morgan fingerprint density at radius 3 is 3.00 bits per heavy atom. The number of amides is 1. The van der Waals surface area contributed by atoms with Crippen molar-refractivity contribution in [3.8, 4) is 0 Å². The van der Waals surface area contributed by atoms with Gasteiger partial charge in [0, 0.05) is 23.9 Å². The molecule has 0 aliphatic carbocycles. The summed E-state index contributed by atoms with van der Waals surface area (Å²) in [6.45, 7) is 1.90. The van der Waals surface area contributed by atoms with E-state index in [9.17, 15) is 14.9 Å². The second-order valence-electron chi connectivity index (χ2n) is 4.54. The molecule has 2 rings (SSSR count). The molecule has 1 unspecified atom stereocenters. The first-order chi connectivity index (χ1) is 9.52. The van der Waals surface area contributed by atoms with E-state index in [1.54, 1.807) is 16.9 Å². The van der Waals surface area contributed by atoms with Gasteiger partial charge in [0.05, 0.1) is 22.7 Å². The highest BCUT2D eigenvalue weighted by Crippen LogP contribution is 2.24. The molecule has 8 nitrogen and oxygen atoms in total. The first-order valence-electron chi connectivity index (χ1n) is 6.14. The third kappa shape index (κ3) is 2.75. The molecule has 0 saturated heterocycles. The lowest BCUT2D eigenvalue weighted by Crippen LogP contribution is -2.30. The van der Waals surface area contributed by atoms with Crippen molar-refractivity contribution in [2.45, 2.75) is 25.8 Å². The molecule has 0 radical (unpaired) electrons. The van der Waals surface area contributed by atoms with Crippen molar-refractivity contribution in [3.05, 3.63) is 34.5 Å². The molecule has 2 aromatic rings. The summed E-state index contributed by atoms with van der Waals surface area (Å²) in [5.74, 6) is 4.77. The van der Waals surface area contributed by atoms with Gasteiger partial charge in [-0.3, -0.25) is 25.0 Å². The normalized spacial score (nSPS) is 12.3. The Balaban J connectivity index is 2.27. The number of nitrogens with two attached hydrogens (primary N) is 1. The van der Waals surface area contributed by atoms with Gasteiger partial charge in [-0.15, -0.1) is 0 Å². The monoisotopic (exact) mass is 277 g/mol. The van der Waals surface area contributed by atoms with Crippen LogP contribution in [0.5, 0.6) is 0 Å². The number of hydrogen-bond acceptors (Lipinski definition) is 5. The van der Waals surface area contributed by atoms with Crippen molar-refractivity contribution < 1.29 is 9.72 Å². The van der Waals surface area contributed by atoms with Crippen molar-refractivity contribution in [2.24, 2.45) is 5.84 Å². The number of nitro benzene ring substituents is 1. The minimum absolute atomic E-state index is 0.0196. The molecule has 1 heterocycles. The molecule has 1 aromatic heterocycles. The van der Waals surface area contributed by atoms with E-state index in [2.05, 4.69) is 10.5 Å². The lowest BCUT2D eigenvalue weighted by Gasteiger charge is -2.12. The zero-order valence-electron chi connectivity index (χ0n) is 10.9. The van der Waals surface area contributed by atoms with Crippen molar-refractivity contribution in [1.82, 2.24) is 15.2 Å². The largest absolute Gasteiger partial charge is 0.294 e. The maximum absolute atomic E-state index is 11.1. The van der Waals surface area contributed by atoms with Gasteiger partial charge in [-0.25, -0.2) is 5.84 Å². The van der Waals surface area contributed by atoms with Crippen LogP contribution in [0.2, 0.25) is 0 Å². The highest BCUT2D eigenvalue weighted by molar-refractivity contribution is 5.81. The summed E-state index contributed by atoms with van der Waals surface area (Å²) in [6.07, 6.45) is 2.47. The highest BCUT2D eigenvalue weighted by Gasteiger charge is 2.14. The lowest BCUT2D eigenvalue weighted by molar-refractivity contribution is -0.384. The van der Waals surface area contributed by atoms with Crippen LogP contribution in [0.1, 0.15) is 25.8 Å². The summed E-state index contributed by atoms with van der Waals surface area (Å²) < 4.78 is 1.69. The highest BCUT2D eigenvalue weighted by atomic mass is 16.6. The summed E-state index contributed by atoms with van der Waals surface area (Å²) in [4.78, 5) is 21.5. The summed E-state index contributed by atoms with van der Waals surface area (Å²) in [6, 6.07) is 4.53. The fourth-order valence-electron chi connectivity index (χ4n) is 2.03. The Bertz CT molecular complexity index is 652. The molecule has 8 heteroatoms. The topological polar surface area (TPSA) is 116 Å². The van der Waals surface area contributed by atoms with Crippen LogP contribution >= 0.6 is 0 Å². The second-order valence-corrected chi connectivity index (χ2v) is 4.54. The molecule has 1 atom stereocenters. The van der Waals surface area contributed by atoms with Crippen molar-refractivity contribution in [1.29, 1.82) is 0 Å². The fourth-order valence-corrected chi connectivity index (χ4v) is 2.03. The first kappa shape index (κ1) is 13.9. The number of aromatic nitrogens is 2. The van der Waals surface area contributed by atoms with Crippen LogP contribution in [0, 0.1) is 10.1 Å². The molecule has 20 heavy (non-hydrogen) atoms. The number of nitrogens with zero attached hydrogens (tertiary/aromatic N) is 3. The Kier molecular flexibility index (Phi) is 3.94. The third-order valence-corrected chi connectivity index (χ3v) is 3.16. The van der Waals surface area contributed by atoms with E-state index >= 15 is 0 Å².